The topological polar surface area (TPSA) is 96.0 Å². The molecule has 0 heterocycles. The number of carbonyl (C=O) groups excluding carboxylic acids is 2. The average Bonchev–Trinajstić information content (AvgIpc) is 2.92. The summed E-state index contributed by atoms with van der Waals surface area (Å²) in [4.78, 5) is 28.1. The van der Waals surface area contributed by atoms with Crippen molar-refractivity contribution in [3.8, 4) is 5.75 Å². The fraction of sp³-hybridized carbons (Fsp3) is 0.286. The van der Waals surface area contributed by atoms with Crippen molar-refractivity contribution in [3.63, 3.8) is 0 Å². The monoisotopic (exact) mass is 523 g/mol. The van der Waals surface area contributed by atoms with E-state index in [1.807, 2.05) is 32.0 Å². The Hall–Kier alpha value is -3.85. The van der Waals surface area contributed by atoms with E-state index >= 15 is 0 Å². The molecule has 3 aromatic rings. The molecule has 37 heavy (non-hydrogen) atoms. The average molecular weight is 524 g/mol. The third kappa shape index (κ3) is 6.68. The molecule has 3 rings (SSSR count). The molecule has 0 aliphatic carbocycles. The van der Waals surface area contributed by atoms with Crippen molar-refractivity contribution in [2.24, 2.45) is 0 Å². The highest BCUT2D eigenvalue weighted by Gasteiger charge is 2.33. The van der Waals surface area contributed by atoms with Crippen molar-refractivity contribution < 1.29 is 22.7 Å². The Labute approximate surface area is 218 Å². The molecule has 0 saturated carbocycles. The predicted octanol–water partition coefficient (Wildman–Crippen LogP) is 3.75. The molecule has 0 spiro atoms. The number of carbonyl (C=O) groups is 2. The van der Waals surface area contributed by atoms with E-state index in [4.69, 9.17) is 4.74 Å². The Morgan fingerprint density at radius 2 is 1.65 bits per heavy atom. The molecule has 2 amide bonds. The lowest BCUT2D eigenvalue weighted by molar-refractivity contribution is -0.140. The molecule has 0 unspecified atom stereocenters. The first kappa shape index (κ1) is 27.7. The number of nitrogens with zero attached hydrogens (tertiary/aromatic N) is 2. The molecule has 9 heteroatoms. The molecule has 0 aliphatic rings. The van der Waals surface area contributed by atoms with Crippen LogP contribution in [0.25, 0.3) is 0 Å². The number of rotatable bonds is 11. The number of amides is 2. The second kappa shape index (κ2) is 12.4. The largest absolute Gasteiger partial charge is 0.497 e. The Morgan fingerprint density at radius 3 is 2.22 bits per heavy atom. The fourth-order valence-electron chi connectivity index (χ4n) is 4.05. The number of methoxy groups -OCH3 is 1. The smallest absolute Gasteiger partial charge is 0.264 e. The summed E-state index contributed by atoms with van der Waals surface area (Å²) in [7, 11) is -0.991. The number of benzene rings is 3. The first-order chi connectivity index (χ1) is 17.7. The zero-order chi connectivity index (χ0) is 27.0. The summed E-state index contributed by atoms with van der Waals surface area (Å²) >= 11 is 0. The molecule has 8 nitrogen and oxygen atoms in total. The second-order valence-electron chi connectivity index (χ2n) is 8.57. The number of anilines is 1. The van der Waals surface area contributed by atoms with E-state index in [0.717, 1.165) is 15.4 Å². The highest BCUT2D eigenvalue weighted by atomic mass is 32.2. The number of likely N-dealkylation sites (N-methyl/N-ethyl adjacent to an activating group) is 1. The van der Waals surface area contributed by atoms with E-state index in [-0.39, 0.29) is 17.3 Å². The maximum Gasteiger partial charge on any atom is 0.264 e. The van der Waals surface area contributed by atoms with Crippen LogP contribution in [0.5, 0.6) is 5.75 Å². The van der Waals surface area contributed by atoms with Gasteiger partial charge < -0.3 is 15.0 Å². The number of hydrogen-bond donors (Lipinski definition) is 1. The van der Waals surface area contributed by atoms with Crippen molar-refractivity contribution >= 4 is 27.5 Å². The van der Waals surface area contributed by atoms with Gasteiger partial charge in [0.15, 0.2) is 0 Å². The summed E-state index contributed by atoms with van der Waals surface area (Å²) in [5, 5.41) is 2.62. The minimum atomic E-state index is -4.07. The molecular weight excluding hydrogens is 490 g/mol. The van der Waals surface area contributed by atoms with Gasteiger partial charge in [0.25, 0.3) is 10.0 Å². The second-order valence-corrected chi connectivity index (χ2v) is 10.4. The van der Waals surface area contributed by atoms with Crippen molar-refractivity contribution in [2.75, 3.05) is 25.0 Å². The SMILES string of the molecule is CC[C@H](C(=O)NC)N(Cc1ccc(OC)cc1)C(=O)CN(c1cccc(C)c1)S(=O)(=O)c1ccccc1. The Morgan fingerprint density at radius 1 is 0.973 bits per heavy atom. The van der Waals surface area contributed by atoms with E-state index in [9.17, 15) is 18.0 Å². The number of aryl methyl sites for hydroxylation is 1. The zero-order valence-corrected chi connectivity index (χ0v) is 22.4. The minimum absolute atomic E-state index is 0.0735. The van der Waals surface area contributed by atoms with Crippen molar-refractivity contribution in [1.29, 1.82) is 0 Å². The minimum Gasteiger partial charge on any atom is -0.497 e. The molecule has 0 radical (unpaired) electrons. The van der Waals surface area contributed by atoms with E-state index in [1.165, 1.54) is 24.1 Å². The van der Waals surface area contributed by atoms with Crippen LogP contribution < -0.4 is 14.4 Å². The van der Waals surface area contributed by atoms with E-state index in [0.29, 0.717) is 17.9 Å². The van der Waals surface area contributed by atoms with Crippen molar-refractivity contribution in [3.05, 3.63) is 90.0 Å². The van der Waals surface area contributed by atoms with Gasteiger partial charge in [0, 0.05) is 13.6 Å². The molecule has 0 fully saturated rings. The third-order valence-corrected chi connectivity index (χ3v) is 7.83. The molecule has 1 N–H and O–H groups in total. The first-order valence-electron chi connectivity index (χ1n) is 12.0. The maximum absolute atomic E-state index is 13.9. The number of nitrogens with one attached hydrogen (secondary N) is 1. The number of sulfonamides is 1. The highest BCUT2D eigenvalue weighted by Crippen LogP contribution is 2.25. The van der Waals surface area contributed by atoms with Crippen molar-refractivity contribution in [1.82, 2.24) is 10.2 Å². The standard InChI is InChI=1S/C28H33N3O5S/c1-5-26(28(33)29-3)30(19-22-14-16-24(36-4)17-15-22)27(32)20-31(23-11-9-10-21(2)18-23)37(34,35)25-12-7-6-8-13-25/h6-18,26H,5,19-20H2,1-4H3,(H,29,33)/t26-/m1/s1. The van der Waals surface area contributed by atoms with Gasteiger partial charge in [0.1, 0.15) is 18.3 Å². The summed E-state index contributed by atoms with van der Waals surface area (Å²) in [6.07, 6.45) is 0.359. The normalized spacial score (nSPS) is 11.9. The molecule has 1 atom stereocenters. The van der Waals surface area contributed by atoms with Gasteiger partial charge in [-0.1, -0.05) is 49.4 Å². The molecule has 0 aromatic heterocycles. The zero-order valence-electron chi connectivity index (χ0n) is 21.5. The van der Waals surface area contributed by atoms with Gasteiger partial charge in [-0.15, -0.1) is 0 Å². The van der Waals surface area contributed by atoms with Crippen LogP contribution in [-0.4, -0.2) is 51.9 Å². The number of ether oxygens (including phenoxy) is 1. The lowest BCUT2D eigenvalue weighted by Gasteiger charge is -2.33. The van der Waals surface area contributed by atoms with Gasteiger partial charge in [-0.25, -0.2) is 8.42 Å². The van der Waals surface area contributed by atoms with Crippen molar-refractivity contribution in [2.45, 2.75) is 37.8 Å². The highest BCUT2D eigenvalue weighted by molar-refractivity contribution is 7.92. The Bertz CT molecular complexity index is 1310. The lowest BCUT2D eigenvalue weighted by atomic mass is 10.1. The van der Waals surface area contributed by atoms with E-state index in [2.05, 4.69) is 5.32 Å². The molecule has 196 valence electrons. The lowest BCUT2D eigenvalue weighted by Crippen LogP contribution is -2.51. The fourth-order valence-corrected chi connectivity index (χ4v) is 5.47. The van der Waals surface area contributed by atoms with Crippen LogP contribution in [0.15, 0.2) is 83.8 Å². The van der Waals surface area contributed by atoms with Gasteiger partial charge in [0.2, 0.25) is 11.8 Å². The number of hydrogen-bond acceptors (Lipinski definition) is 5. The van der Waals surface area contributed by atoms with Gasteiger partial charge in [-0.3, -0.25) is 13.9 Å². The van der Waals surface area contributed by atoms with Crippen LogP contribution in [-0.2, 0) is 26.2 Å². The van der Waals surface area contributed by atoms with Gasteiger partial charge in [-0.2, -0.15) is 0 Å². The quantitative estimate of drug-likeness (QED) is 0.413. The predicted molar refractivity (Wildman–Crippen MR) is 144 cm³/mol. The molecule has 3 aromatic carbocycles. The van der Waals surface area contributed by atoms with Gasteiger partial charge in [0.05, 0.1) is 17.7 Å². The van der Waals surface area contributed by atoms with Gasteiger partial charge in [-0.05, 0) is 60.9 Å². The Kier molecular flexibility index (Phi) is 9.30. The van der Waals surface area contributed by atoms with Crippen LogP contribution in [0.1, 0.15) is 24.5 Å². The molecule has 0 saturated heterocycles. The van der Waals surface area contributed by atoms with Crippen LogP contribution in [0.4, 0.5) is 5.69 Å². The van der Waals surface area contributed by atoms with Crippen LogP contribution in [0, 0.1) is 6.92 Å². The summed E-state index contributed by atoms with van der Waals surface area (Å²) in [6, 6.07) is 21.4. The summed E-state index contributed by atoms with van der Waals surface area (Å²) in [6.45, 7) is 3.33. The third-order valence-electron chi connectivity index (χ3n) is 6.04. The summed E-state index contributed by atoms with van der Waals surface area (Å²) < 4.78 is 33.8. The summed E-state index contributed by atoms with van der Waals surface area (Å²) in [5.74, 6) is -0.149. The van der Waals surface area contributed by atoms with Crippen LogP contribution in [0.3, 0.4) is 0 Å². The first-order valence-corrected chi connectivity index (χ1v) is 13.4. The summed E-state index contributed by atoms with van der Waals surface area (Å²) in [5.41, 5.74) is 2.00. The Balaban J connectivity index is 2.03. The van der Waals surface area contributed by atoms with E-state index < -0.39 is 28.5 Å². The maximum atomic E-state index is 13.9. The van der Waals surface area contributed by atoms with Crippen LogP contribution >= 0.6 is 0 Å². The van der Waals surface area contributed by atoms with Gasteiger partial charge >= 0.3 is 0 Å². The van der Waals surface area contributed by atoms with Crippen LogP contribution in [0.2, 0.25) is 0 Å². The molecule has 0 bridgehead atoms. The molecular formula is C28H33N3O5S. The van der Waals surface area contributed by atoms with E-state index in [1.54, 1.807) is 55.6 Å². The molecule has 0 aliphatic heterocycles.